The summed E-state index contributed by atoms with van der Waals surface area (Å²) < 4.78 is 4.83. The fourth-order valence-electron chi connectivity index (χ4n) is 2.36. The van der Waals surface area contributed by atoms with E-state index in [4.69, 9.17) is 9.84 Å². The molecule has 0 radical (unpaired) electrons. The van der Waals surface area contributed by atoms with Gasteiger partial charge in [0.25, 0.3) is 0 Å². The molecule has 0 aromatic carbocycles. The maximum absolute atomic E-state index is 11.7. The molecular weight excluding hydrogens is 282 g/mol. The first-order valence-corrected chi connectivity index (χ1v) is 8.10. The first-order chi connectivity index (χ1) is 10.7. The number of ketones is 2. The topological polar surface area (TPSA) is 75.6 Å². The minimum Gasteiger partial charge on any atom is -0.493 e. The molecule has 0 amide bonds. The average Bonchev–Trinajstić information content (AvgIpc) is 2.52. The summed E-state index contributed by atoms with van der Waals surface area (Å²) in [5, 5.41) is 11.7. The number of nitrogens with one attached hydrogen (secondary N) is 1. The molecule has 0 aliphatic heterocycles. The molecule has 0 saturated heterocycles. The highest BCUT2D eigenvalue weighted by molar-refractivity contribution is 6.18. The molecule has 0 heterocycles. The van der Waals surface area contributed by atoms with Crippen molar-refractivity contribution in [1.82, 2.24) is 5.32 Å². The molecule has 124 valence electrons. The van der Waals surface area contributed by atoms with Gasteiger partial charge >= 0.3 is 0 Å². The van der Waals surface area contributed by atoms with Crippen LogP contribution < -0.4 is 5.32 Å². The zero-order valence-electron chi connectivity index (χ0n) is 13.4. The van der Waals surface area contributed by atoms with E-state index < -0.39 is 0 Å². The van der Waals surface area contributed by atoms with Crippen LogP contribution in [-0.4, -0.2) is 36.9 Å². The molecule has 0 bridgehead atoms. The van der Waals surface area contributed by atoms with Gasteiger partial charge in [0.15, 0.2) is 5.76 Å². The third kappa shape index (κ3) is 6.89. The Morgan fingerprint density at radius 2 is 1.50 bits per heavy atom. The van der Waals surface area contributed by atoms with Crippen LogP contribution in [0.25, 0.3) is 0 Å². The van der Waals surface area contributed by atoms with Gasteiger partial charge in [0, 0.05) is 25.3 Å². The van der Waals surface area contributed by atoms with Gasteiger partial charge in [-0.15, -0.1) is 0 Å². The standard InChI is InChI=1S/C17H27NO4/c1-22-17-13-15(20)14(12-16(17)21)18-10-8-6-4-2-3-5-7-9-11-19/h12-13,18-19H,2-11H2,1H3. The Morgan fingerprint density at radius 3 is 2.09 bits per heavy atom. The summed E-state index contributed by atoms with van der Waals surface area (Å²) >= 11 is 0. The molecule has 5 nitrogen and oxygen atoms in total. The molecule has 1 rings (SSSR count). The molecule has 0 aromatic heterocycles. The number of carbonyl (C=O) groups excluding carboxylic acids is 2. The molecular formula is C17H27NO4. The molecule has 22 heavy (non-hydrogen) atoms. The van der Waals surface area contributed by atoms with Gasteiger partial charge in [-0.05, 0) is 12.8 Å². The average molecular weight is 309 g/mol. The number of hydrogen-bond donors (Lipinski definition) is 2. The van der Waals surface area contributed by atoms with E-state index in [0.29, 0.717) is 18.8 Å². The number of allylic oxidation sites excluding steroid dienone is 2. The van der Waals surface area contributed by atoms with Crippen LogP contribution in [0.15, 0.2) is 23.6 Å². The minimum atomic E-state index is -0.271. The zero-order valence-corrected chi connectivity index (χ0v) is 13.4. The van der Waals surface area contributed by atoms with Crippen LogP contribution in [-0.2, 0) is 14.3 Å². The second-order valence-corrected chi connectivity index (χ2v) is 5.48. The zero-order chi connectivity index (χ0) is 16.2. The first kappa shape index (κ1) is 18.4. The lowest BCUT2D eigenvalue weighted by atomic mass is 10.1. The summed E-state index contributed by atoms with van der Waals surface area (Å²) in [6.45, 7) is 0.995. The summed E-state index contributed by atoms with van der Waals surface area (Å²) in [6.07, 6.45) is 11.5. The quantitative estimate of drug-likeness (QED) is 0.427. The van der Waals surface area contributed by atoms with Crippen molar-refractivity contribution in [2.45, 2.75) is 51.4 Å². The van der Waals surface area contributed by atoms with Crippen LogP contribution in [0.2, 0.25) is 0 Å². The second kappa shape index (κ2) is 11.0. The molecule has 0 atom stereocenters. The molecule has 2 N–H and O–H groups in total. The fourth-order valence-corrected chi connectivity index (χ4v) is 2.36. The molecule has 0 saturated carbocycles. The number of rotatable bonds is 12. The Morgan fingerprint density at radius 1 is 0.909 bits per heavy atom. The Bertz CT molecular complexity index is 426. The van der Waals surface area contributed by atoms with Crippen LogP contribution >= 0.6 is 0 Å². The Hall–Kier alpha value is -1.62. The van der Waals surface area contributed by atoms with Crippen molar-refractivity contribution >= 4 is 11.6 Å². The van der Waals surface area contributed by atoms with E-state index in [9.17, 15) is 9.59 Å². The molecule has 5 heteroatoms. The third-order valence-electron chi connectivity index (χ3n) is 3.67. The smallest absolute Gasteiger partial charge is 0.222 e. The van der Waals surface area contributed by atoms with E-state index in [1.165, 1.54) is 44.9 Å². The minimum absolute atomic E-state index is 0.0942. The van der Waals surface area contributed by atoms with Gasteiger partial charge in [-0.25, -0.2) is 0 Å². The number of methoxy groups -OCH3 is 1. The number of carbonyl (C=O) groups is 2. The van der Waals surface area contributed by atoms with Crippen molar-refractivity contribution in [3.8, 4) is 0 Å². The van der Waals surface area contributed by atoms with E-state index in [-0.39, 0.29) is 17.3 Å². The number of aliphatic hydroxyl groups excluding tert-OH is 1. The van der Waals surface area contributed by atoms with Crippen molar-refractivity contribution in [3.63, 3.8) is 0 Å². The van der Waals surface area contributed by atoms with Crippen LogP contribution in [0.1, 0.15) is 51.4 Å². The van der Waals surface area contributed by atoms with Crippen molar-refractivity contribution < 1.29 is 19.4 Å². The predicted molar refractivity (Wildman–Crippen MR) is 85.2 cm³/mol. The lowest BCUT2D eigenvalue weighted by Crippen LogP contribution is -2.25. The van der Waals surface area contributed by atoms with E-state index in [1.807, 2.05) is 0 Å². The summed E-state index contributed by atoms with van der Waals surface area (Å²) in [6, 6.07) is 0. The summed E-state index contributed by atoms with van der Waals surface area (Å²) in [4.78, 5) is 23.3. The Labute approximate surface area is 132 Å². The van der Waals surface area contributed by atoms with Crippen LogP contribution in [0.5, 0.6) is 0 Å². The molecule has 0 spiro atoms. The highest BCUT2D eigenvalue weighted by atomic mass is 16.5. The van der Waals surface area contributed by atoms with Gasteiger partial charge in [0.1, 0.15) is 0 Å². The molecule has 1 aliphatic carbocycles. The number of hydrogen-bond acceptors (Lipinski definition) is 5. The SMILES string of the molecule is COC1=CC(=O)C(NCCCCCCCCCCO)=CC1=O. The first-order valence-electron chi connectivity index (χ1n) is 8.10. The maximum Gasteiger partial charge on any atom is 0.222 e. The monoisotopic (exact) mass is 309 g/mol. The lowest BCUT2D eigenvalue weighted by Gasteiger charge is -2.13. The highest BCUT2D eigenvalue weighted by Crippen LogP contribution is 2.11. The van der Waals surface area contributed by atoms with Crippen LogP contribution in [0.4, 0.5) is 0 Å². The van der Waals surface area contributed by atoms with Gasteiger partial charge < -0.3 is 15.2 Å². The summed E-state index contributed by atoms with van der Waals surface area (Å²) in [7, 11) is 1.38. The predicted octanol–water partition coefficient (Wildman–Crippen LogP) is 2.26. The molecule has 0 unspecified atom stereocenters. The van der Waals surface area contributed by atoms with Gasteiger partial charge in [-0.1, -0.05) is 38.5 Å². The Kier molecular flexibility index (Phi) is 9.23. The van der Waals surface area contributed by atoms with E-state index >= 15 is 0 Å². The molecule has 1 aliphatic rings. The summed E-state index contributed by atoms with van der Waals surface area (Å²) in [5.74, 6) is -0.385. The van der Waals surface area contributed by atoms with E-state index in [1.54, 1.807) is 0 Å². The van der Waals surface area contributed by atoms with Crippen LogP contribution in [0, 0.1) is 0 Å². The number of aliphatic hydroxyl groups is 1. The normalized spacial score (nSPS) is 14.6. The van der Waals surface area contributed by atoms with Crippen molar-refractivity contribution in [1.29, 1.82) is 0 Å². The van der Waals surface area contributed by atoms with Crippen molar-refractivity contribution in [2.24, 2.45) is 0 Å². The summed E-state index contributed by atoms with van der Waals surface area (Å²) in [5.41, 5.74) is 0.356. The largest absolute Gasteiger partial charge is 0.493 e. The molecule has 0 fully saturated rings. The highest BCUT2D eigenvalue weighted by Gasteiger charge is 2.20. The lowest BCUT2D eigenvalue weighted by molar-refractivity contribution is -0.117. The van der Waals surface area contributed by atoms with Crippen molar-refractivity contribution in [2.75, 3.05) is 20.3 Å². The number of ether oxygens (including phenoxy) is 1. The number of unbranched alkanes of at least 4 members (excludes halogenated alkanes) is 7. The molecule has 0 aromatic rings. The van der Waals surface area contributed by atoms with E-state index in [2.05, 4.69) is 5.32 Å². The van der Waals surface area contributed by atoms with Gasteiger partial charge in [-0.2, -0.15) is 0 Å². The van der Waals surface area contributed by atoms with Crippen LogP contribution in [0.3, 0.4) is 0 Å². The van der Waals surface area contributed by atoms with Gasteiger partial charge in [0.2, 0.25) is 11.6 Å². The fraction of sp³-hybridized carbons (Fsp3) is 0.647. The Balaban J connectivity index is 2.06. The van der Waals surface area contributed by atoms with Crippen molar-refractivity contribution in [3.05, 3.63) is 23.6 Å². The van der Waals surface area contributed by atoms with Gasteiger partial charge in [0.05, 0.1) is 12.8 Å². The second-order valence-electron chi connectivity index (χ2n) is 5.48. The third-order valence-corrected chi connectivity index (χ3v) is 3.67. The maximum atomic E-state index is 11.7. The van der Waals surface area contributed by atoms with Gasteiger partial charge in [-0.3, -0.25) is 9.59 Å². The van der Waals surface area contributed by atoms with E-state index in [0.717, 1.165) is 25.7 Å².